The van der Waals surface area contributed by atoms with Crippen molar-refractivity contribution < 1.29 is 14.3 Å². The molecule has 0 radical (unpaired) electrons. The zero-order chi connectivity index (χ0) is 21.8. The van der Waals surface area contributed by atoms with Crippen LogP contribution in [0.3, 0.4) is 0 Å². The van der Waals surface area contributed by atoms with Crippen LogP contribution in [0.4, 0.5) is 5.69 Å². The van der Waals surface area contributed by atoms with Gasteiger partial charge in [0.15, 0.2) is 5.11 Å². The molecule has 0 saturated carbocycles. The lowest BCUT2D eigenvalue weighted by Crippen LogP contribution is -2.30. The lowest BCUT2D eigenvalue weighted by atomic mass is 10.1. The third-order valence-corrected chi connectivity index (χ3v) is 5.08. The third kappa shape index (κ3) is 4.29. The second kappa shape index (κ2) is 9.01. The number of para-hydroxylation sites is 2. The number of anilines is 1. The van der Waals surface area contributed by atoms with Crippen molar-refractivity contribution in [3.05, 3.63) is 77.7 Å². The van der Waals surface area contributed by atoms with E-state index in [9.17, 15) is 4.79 Å². The monoisotopic (exact) mass is 434 g/mol. The highest BCUT2D eigenvalue weighted by molar-refractivity contribution is 7.80. The summed E-state index contributed by atoms with van der Waals surface area (Å²) in [5, 5.41) is 7.59. The van der Waals surface area contributed by atoms with Crippen molar-refractivity contribution in [2.75, 3.05) is 18.6 Å². The fourth-order valence-electron chi connectivity index (χ4n) is 3.42. The zero-order valence-electron chi connectivity index (χ0n) is 17.2. The fraction of sp³-hybridized carbons (Fsp3) is 0.174. The Hall–Kier alpha value is -3.65. The van der Waals surface area contributed by atoms with Gasteiger partial charge in [-0.15, -0.1) is 0 Å². The summed E-state index contributed by atoms with van der Waals surface area (Å²) in [7, 11) is 1.63. The highest BCUT2D eigenvalue weighted by atomic mass is 32.1. The summed E-state index contributed by atoms with van der Waals surface area (Å²) in [5.41, 5.74) is 2.81. The molecule has 1 aliphatic heterocycles. The molecule has 7 nitrogen and oxygen atoms in total. The lowest BCUT2D eigenvalue weighted by molar-refractivity contribution is -0.113. The van der Waals surface area contributed by atoms with E-state index >= 15 is 0 Å². The van der Waals surface area contributed by atoms with Crippen LogP contribution >= 0.6 is 12.2 Å². The Kier molecular flexibility index (Phi) is 5.99. The lowest BCUT2D eigenvalue weighted by Gasteiger charge is -2.17. The fourth-order valence-corrected chi connectivity index (χ4v) is 3.71. The molecule has 1 saturated heterocycles. The molecular weight excluding hydrogens is 412 g/mol. The normalized spacial score (nSPS) is 14.8. The number of benzene rings is 2. The van der Waals surface area contributed by atoms with Gasteiger partial charge in [0.1, 0.15) is 17.2 Å². The molecule has 2 aromatic carbocycles. The van der Waals surface area contributed by atoms with Gasteiger partial charge in [0.2, 0.25) is 0 Å². The van der Waals surface area contributed by atoms with E-state index in [0.29, 0.717) is 35.4 Å². The predicted octanol–water partition coefficient (Wildman–Crippen LogP) is 3.60. The number of carbonyl (C=O) groups excluding carboxylic acids is 1. The number of thiocarbonyl (C=S) groups is 1. The standard InChI is InChI=1S/C23H22N4O3S/c1-3-30-21-8-5-4-7-19(21)27-22(28)18(25-23(27)31)14-16-9-10-20(29-2)17(13-16)15-26-12-6-11-24-26/h4-14H,3,15H2,1-2H3,(H,25,31)/b18-14+. The summed E-state index contributed by atoms with van der Waals surface area (Å²) in [5.74, 6) is 1.13. The number of rotatable bonds is 7. The number of methoxy groups -OCH3 is 1. The van der Waals surface area contributed by atoms with Gasteiger partial charge in [-0.2, -0.15) is 5.10 Å². The van der Waals surface area contributed by atoms with Crippen LogP contribution < -0.4 is 19.7 Å². The molecule has 1 N–H and O–H groups in total. The van der Waals surface area contributed by atoms with Crippen LogP contribution in [0.1, 0.15) is 18.1 Å². The zero-order valence-corrected chi connectivity index (χ0v) is 18.1. The van der Waals surface area contributed by atoms with Crippen molar-refractivity contribution in [3.63, 3.8) is 0 Å². The van der Waals surface area contributed by atoms with E-state index in [0.717, 1.165) is 16.9 Å². The van der Waals surface area contributed by atoms with Gasteiger partial charge in [-0.1, -0.05) is 18.2 Å². The number of hydrogen-bond acceptors (Lipinski definition) is 5. The van der Waals surface area contributed by atoms with Crippen LogP contribution in [0.25, 0.3) is 6.08 Å². The van der Waals surface area contributed by atoms with Gasteiger partial charge in [-0.25, -0.2) is 4.90 Å². The summed E-state index contributed by atoms with van der Waals surface area (Å²) in [6.45, 7) is 2.95. The molecule has 2 heterocycles. The molecule has 1 aliphatic rings. The Morgan fingerprint density at radius 2 is 2.00 bits per heavy atom. The van der Waals surface area contributed by atoms with Gasteiger partial charge in [-0.3, -0.25) is 9.48 Å². The molecule has 1 fully saturated rings. The van der Waals surface area contributed by atoms with Crippen molar-refractivity contribution in [1.82, 2.24) is 15.1 Å². The topological polar surface area (TPSA) is 68.6 Å². The number of ether oxygens (including phenoxy) is 2. The Bertz CT molecular complexity index is 1140. The molecule has 0 unspecified atom stereocenters. The number of nitrogens with one attached hydrogen (secondary N) is 1. The number of aromatic nitrogens is 2. The molecule has 4 rings (SSSR count). The van der Waals surface area contributed by atoms with Gasteiger partial charge in [-0.05, 0) is 61.1 Å². The second-order valence-electron chi connectivity index (χ2n) is 6.80. The minimum Gasteiger partial charge on any atom is -0.496 e. The Morgan fingerprint density at radius 1 is 1.16 bits per heavy atom. The van der Waals surface area contributed by atoms with E-state index in [4.69, 9.17) is 21.7 Å². The summed E-state index contributed by atoms with van der Waals surface area (Å²) in [6, 6.07) is 15.0. The van der Waals surface area contributed by atoms with E-state index in [2.05, 4.69) is 10.4 Å². The van der Waals surface area contributed by atoms with Crippen LogP contribution in [0, 0.1) is 0 Å². The third-order valence-electron chi connectivity index (χ3n) is 4.79. The van der Waals surface area contributed by atoms with Gasteiger partial charge in [0, 0.05) is 18.0 Å². The van der Waals surface area contributed by atoms with Crippen molar-refractivity contribution >= 4 is 35.0 Å². The first-order valence-electron chi connectivity index (χ1n) is 9.84. The highest BCUT2D eigenvalue weighted by Crippen LogP contribution is 2.32. The molecule has 0 atom stereocenters. The van der Waals surface area contributed by atoms with Gasteiger partial charge >= 0.3 is 0 Å². The average molecular weight is 435 g/mol. The van der Waals surface area contributed by atoms with E-state index in [1.54, 1.807) is 19.4 Å². The van der Waals surface area contributed by atoms with E-state index in [-0.39, 0.29) is 5.91 Å². The Balaban J connectivity index is 1.64. The predicted molar refractivity (Wildman–Crippen MR) is 123 cm³/mol. The number of carbonyl (C=O) groups is 1. The van der Waals surface area contributed by atoms with Crippen LogP contribution in [-0.2, 0) is 11.3 Å². The van der Waals surface area contributed by atoms with E-state index < -0.39 is 0 Å². The highest BCUT2D eigenvalue weighted by Gasteiger charge is 2.33. The van der Waals surface area contributed by atoms with E-state index in [1.807, 2.05) is 66.3 Å². The average Bonchev–Trinajstić information content (AvgIpc) is 3.37. The molecule has 31 heavy (non-hydrogen) atoms. The summed E-state index contributed by atoms with van der Waals surface area (Å²) < 4.78 is 13.0. The maximum Gasteiger partial charge on any atom is 0.281 e. The van der Waals surface area contributed by atoms with Crippen molar-refractivity contribution in [3.8, 4) is 11.5 Å². The van der Waals surface area contributed by atoms with Gasteiger partial charge in [0.05, 0.1) is 25.9 Å². The van der Waals surface area contributed by atoms with Gasteiger partial charge in [0.25, 0.3) is 5.91 Å². The van der Waals surface area contributed by atoms with Crippen LogP contribution in [0.15, 0.2) is 66.6 Å². The molecule has 0 bridgehead atoms. The molecule has 3 aromatic rings. The quantitative estimate of drug-likeness (QED) is 0.453. The first kappa shape index (κ1) is 20.6. The first-order valence-corrected chi connectivity index (χ1v) is 10.2. The molecule has 0 aliphatic carbocycles. The minimum atomic E-state index is -0.235. The van der Waals surface area contributed by atoms with Crippen LogP contribution in [0.2, 0.25) is 0 Å². The summed E-state index contributed by atoms with van der Waals surface area (Å²) in [4.78, 5) is 14.6. The van der Waals surface area contributed by atoms with E-state index in [1.165, 1.54) is 4.90 Å². The minimum absolute atomic E-state index is 0.235. The Labute approximate surface area is 185 Å². The molecule has 8 heteroatoms. The van der Waals surface area contributed by atoms with Crippen molar-refractivity contribution in [2.24, 2.45) is 0 Å². The maximum absolute atomic E-state index is 13.2. The molecular formula is C23H22N4O3S. The summed E-state index contributed by atoms with van der Waals surface area (Å²) in [6.07, 6.45) is 5.40. The second-order valence-corrected chi connectivity index (χ2v) is 7.19. The number of amides is 1. The molecule has 1 amide bonds. The SMILES string of the molecule is CCOc1ccccc1N1C(=O)/C(=C\c2ccc(OC)c(Cn3cccn3)c2)NC1=S. The first-order chi connectivity index (χ1) is 15.1. The maximum atomic E-state index is 13.2. The largest absolute Gasteiger partial charge is 0.496 e. The van der Waals surface area contributed by atoms with Crippen molar-refractivity contribution in [2.45, 2.75) is 13.5 Å². The molecule has 158 valence electrons. The van der Waals surface area contributed by atoms with Crippen LogP contribution in [0.5, 0.6) is 11.5 Å². The van der Waals surface area contributed by atoms with Gasteiger partial charge < -0.3 is 14.8 Å². The van der Waals surface area contributed by atoms with Crippen molar-refractivity contribution in [1.29, 1.82) is 0 Å². The number of nitrogens with zero attached hydrogens (tertiary/aromatic N) is 3. The Morgan fingerprint density at radius 3 is 2.74 bits per heavy atom. The molecule has 1 aromatic heterocycles. The molecule has 0 spiro atoms. The number of hydrogen-bond donors (Lipinski definition) is 1. The van der Waals surface area contributed by atoms with Crippen LogP contribution in [-0.4, -0.2) is 34.5 Å². The summed E-state index contributed by atoms with van der Waals surface area (Å²) >= 11 is 5.44. The smallest absolute Gasteiger partial charge is 0.281 e.